The molecule has 0 radical (unpaired) electrons. The van der Waals surface area contributed by atoms with Gasteiger partial charge in [0.05, 0.1) is 25.0 Å². The van der Waals surface area contributed by atoms with E-state index in [9.17, 15) is 9.59 Å². The van der Waals surface area contributed by atoms with Crippen LogP contribution in [0.3, 0.4) is 0 Å². The summed E-state index contributed by atoms with van der Waals surface area (Å²) in [5.74, 6) is 0.00667. The summed E-state index contributed by atoms with van der Waals surface area (Å²) in [5.41, 5.74) is 2.77. The van der Waals surface area contributed by atoms with Crippen molar-refractivity contribution in [2.45, 2.75) is 6.61 Å². The average Bonchev–Trinajstić information content (AvgIpc) is 2.74. The molecule has 0 spiro atoms. The Balaban J connectivity index is 1.78. The predicted octanol–water partition coefficient (Wildman–Crippen LogP) is 4.35. The second kappa shape index (κ2) is 9.52. The number of benzene rings is 3. The Bertz CT molecular complexity index is 1020. The number of rotatable bonds is 7. The van der Waals surface area contributed by atoms with Crippen LogP contribution in [0.1, 0.15) is 26.3 Å². The molecule has 0 unspecified atom stereocenters. The Morgan fingerprint density at radius 3 is 2.41 bits per heavy atom. The Kier molecular flexibility index (Phi) is 6.60. The fraction of sp³-hybridized carbons (Fsp3) is 0.130. The van der Waals surface area contributed by atoms with Crippen molar-refractivity contribution in [3.63, 3.8) is 0 Å². The second-order valence-corrected chi connectivity index (χ2v) is 6.32. The van der Waals surface area contributed by atoms with Crippen LogP contribution in [0.15, 0.2) is 72.8 Å². The number of nitrogens with one attached hydrogen (secondary N) is 2. The van der Waals surface area contributed by atoms with Crippen molar-refractivity contribution < 1.29 is 19.1 Å². The minimum absolute atomic E-state index is 0.301. The summed E-state index contributed by atoms with van der Waals surface area (Å²) in [4.78, 5) is 25.5. The lowest BCUT2D eigenvalue weighted by Gasteiger charge is -2.12. The quantitative estimate of drug-likeness (QED) is 0.629. The van der Waals surface area contributed by atoms with Gasteiger partial charge in [-0.15, -0.1) is 0 Å². The first kappa shape index (κ1) is 20.1. The maximum Gasteiger partial charge on any atom is 0.257 e. The highest BCUT2D eigenvalue weighted by molar-refractivity contribution is 6.12. The van der Waals surface area contributed by atoms with Crippen LogP contribution in [0.4, 0.5) is 11.4 Å². The summed E-state index contributed by atoms with van der Waals surface area (Å²) >= 11 is 0. The van der Waals surface area contributed by atoms with E-state index in [0.29, 0.717) is 34.9 Å². The lowest BCUT2D eigenvalue weighted by Crippen LogP contribution is -2.18. The topological polar surface area (TPSA) is 76.7 Å². The van der Waals surface area contributed by atoms with Crippen molar-refractivity contribution in [2.75, 3.05) is 24.9 Å². The van der Waals surface area contributed by atoms with Crippen LogP contribution >= 0.6 is 0 Å². The van der Waals surface area contributed by atoms with E-state index in [4.69, 9.17) is 9.47 Å². The van der Waals surface area contributed by atoms with Gasteiger partial charge < -0.3 is 20.1 Å². The first-order chi connectivity index (χ1) is 14.1. The van der Waals surface area contributed by atoms with Gasteiger partial charge in [0.25, 0.3) is 11.8 Å². The molecule has 148 valence electrons. The molecule has 3 rings (SSSR count). The number of carbonyl (C=O) groups is 2. The van der Waals surface area contributed by atoms with Crippen LogP contribution in [-0.2, 0) is 11.3 Å². The summed E-state index contributed by atoms with van der Waals surface area (Å²) in [6.45, 7) is 0.417. The monoisotopic (exact) mass is 390 g/mol. The van der Waals surface area contributed by atoms with Crippen molar-refractivity contribution in [3.05, 3.63) is 89.5 Å². The molecule has 0 fully saturated rings. The summed E-state index contributed by atoms with van der Waals surface area (Å²) in [6, 6.07) is 21.1. The van der Waals surface area contributed by atoms with E-state index >= 15 is 0 Å². The minimum Gasteiger partial charge on any atom is -0.497 e. The van der Waals surface area contributed by atoms with Gasteiger partial charge in [0, 0.05) is 24.4 Å². The zero-order chi connectivity index (χ0) is 20.6. The Morgan fingerprint density at radius 1 is 0.828 bits per heavy atom. The largest absolute Gasteiger partial charge is 0.497 e. The van der Waals surface area contributed by atoms with Gasteiger partial charge in [-0.2, -0.15) is 0 Å². The molecule has 0 bridgehead atoms. The van der Waals surface area contributed by atoms with Crippen molar-refractivity contribution in [1.29, 1.82) is 0 Å². The van der Waals surface area contributed by atoms with Gasteiger partial charge in [-0.3, -0.25) is 9.59 Å². The van der Waals surface area contributed by atoms with Gasteiger partial charge in [-0.1, -0.05) is 30.3 Å². The van der Waals surface area contributed by atoms with Crippen molar-refractivity contribution in [1.82, 2.24) is 0 Å². The van der Waals surface area contributed by atoms with E-state index in [2.05, 4.69) is 10.6 Å². The fourth-order valence-corrected chi connectivity index (χ4v) is 2.85. The molecule has 2 N–H and O–H groups in total. The Hall–Kier alpha value is -3.64. The van der Waals surface area contributed by atoms with Crippen LogP contribution < -0.4 is 15.4 Å². The zero-order valence-corrected chi connectivity index (χ0v) is 16.3. The van der Waals surface area contributed by atoms with Crippen LogP contribution in [0, 0.1) is 0 Å². The summed E-state index contributed by atoms with van der Waals surface area (Å²) in [5, 5.41) is 5.65. The molecule has 0 heterocycles. The number of ether oxygens (including phenoxy) is 2. The molecule has 3 aromatic carbocycles. The highest BCUT2D eigenvalue weighted by atomic mass is 16.5. The van der Waals surface area contributed by atoms with Gasteiger partial charge in [-0.25, -0.2) is 0 Å². The van der Waals surface area contributed by atoms with Crippen LogP contribution in [0.2, 0.25) is 0 Å². The smallest absolute Gasteiger partial charge is 0.257 e. The SMILES string of the molecule is COCc1cccc(C(=O)Nc2ccccc2C(=O)Nc2cccc(OC)c2)c1. The van der Waals surface area contributed by atoms with Crippen molar-refractivity contribution >= 4 is 23.2 Å². The fourth-order valence-electron chi connectivity index (χ4n) is 2.85. The van der Waals surface area contributed by atoms with E-state index in [0.717, 1.165) is 5.56 Å². The normalized spacial score (nSPS) is 10.3. The van der Waals surface area contributed by atoms with Gasteiger partial charge in [0.1, 0.15) is 5.75 Å². The molecule has 3 aromatic rings. The maximum atomic E-state index is 12.8. The predicted molar refractivity (Wildman–Crippen MR) is 112 cm³/mol. The second-order valence-electron chi connectivity index (χ2n) is 6.32. The third-order valence-corrected chi connectivity index (χ3v) is 4.25. The van der Waals surface area contributed by atoms with Gasteiger partial charge >= 0.3 is 0 Å². The first-order valence-electron chi connectivity index (χ1n) is 9.04. The molecule has 29 heavy (non-hydrogen) atoms. The van der Waals surface area contributed by atoms with E-state index in [1.165, 1.54) is 0 Å². The van der Waals surface area contributed by atoms with Crippen molar-refractivity contribution in [2.24, 2.45) is 0 Å². The number of hydrogen-bond acceptors (Lipinski definition) is 4. The molecule has 0 aliphatic carbocycles. The standard InChI is InChI=1S/C23H22N2O4/c1-28-15-16-7-5-8-17(13-16)22(26)25-21-12-4-3-11-20(21)23(27)24-18-9-6-10-19(14-18)29-2/h3-14H,15H2,1-2H3,(H,24,27)(H,25,26). The molecule has 6 nitrogen and oxygen atoms in total. The molecule has 2 amide bonds. The van der Waals surface area contributed by atoms with Crippen LogP contribution in [-0.4, -0.2) is 26.0 Å². The molecule has 0 aliphatic heterocycles. The molecule has 0 saturated carbocycles. The number of methoxy groups -OCH3 is 2. The van der Waals surface area contributed by atoms with E-state index < -0.39 is 0 Å². The number of hydrogen-bond donors (Lipinski definition) is 2. The van der Waals surface area contributed by atoms with E-state index in [-0.39, 0.29) is 11.8 Å². The van der Waals surface area contributed by atoms with Gasteiger partial charge in [-0.05, 0) is 42.0 Å². The highest BCUT2D eigenvalue weighted by Crippen LogP contribution is 2.21. The maximum absolute atomic E-state index is 12.8. The molecule has 0 aliphatic rings. The third-order valence-electron chi connectivity index (χ3n) is 4.25. The molecule has 0 aromatic heterocycles. The summed E-state index contributed by atoms with van der Waals surface area (Å²) in [7, 11) is 3.16. The molecule has 0 atom stereocenters. The average molecular weight is 390 g/mol. The van der Waals surface area contributed by atoms with Gasteiger partial charge in [0.2, 0.25) is 0 Å². The molecule has 6 heteroatoms. The number of carbonyl (C=O) groups excluding carboxylic acids is 2. The molecule has 0 saturated heterocycles. The van der Waals surface area contributed by atoms with Crippen LogP contribution in [0.5, 0.6) is 5.75 Å². The number of para-hydroxylation sites is 1. The molecular formula is C23H22N2O4. The third kappa shape index (κ3) is 5.21. The van der Waals surface area contributed by atoms with E-state index in [1.54, 1.807) is 80.9 Å². The number of anilines is 2. The number of amides is 2. The summed E-state index contributed by atoms with van der Waals surface area (Å²) in [6.07, 6.45) is 0. The summed E-state index contributed by atoms with van der Waals surface area (Å²) < 4.78 is 10.3. The lowest BCUT2D eigenvalue weighted by atomic mass is 10.1. The van der Waals surface area contributed by atoms with Crippen LogP contribution in [0.25, 0.3) is 0 Å². The minimum atomic E-state index is -0.331. The Morgan fingerprint density at radius 2 is 1.62 bits per heavy atom. The first-order valence-corrected chi connectivity index (χ1v) is 9.04. The molecular weight excluding hydrogens is 368 g/mol. The van der Waals surface area contributed by atoms with E-state index in [1.807, 2.05) is 6.07 Å². The zero-order valence-electron chi connectivity index (χ0n) is 16.3. The van der Waals surface area contributed by atoms with Gasteiger partial charge in [0.15, 0.2) is 0 Å². The Labute approximate surface area is 169 Å². The highest BCUT2D eigenvalue weighted by Gasteiger charge is 2.15. The van der Waals surface area contributed by atoms with Crippen molar-refractivity contribution in [3.8, 4) is 5.75 Å². The lowest BCUT2D eigenvalue weighted by molar-refractivity contribution is 0.102.